The number of aliphatic hydroxyl groups excluding tert-OH is 1. The summed E-state index contributed by atoms with van der Waals surface area (Å²) in [5, 5.41) is 12.0. The third-order valence-electron chi connectivity index (χ3n) is 3.54. The Morgan fingerprint density at radius 3 is 2.44 bits per heavy atom. The zero-order valence-corrected chi connectivity index (χ0v) is 10.4. The van der Waals surface area contributed by atoms with E-state index in [0.717, 1.165) is 19.3 Å². The van der Waals surface area contributed by atoms with E-state index in [1.54, 1.807) is 0 Å². The van der Waals surface area contributed by atoms with Crippen LogP contribution in [0.1, 0.15) is 58.3 Å². The second-order valence-electron chi connectivity index (χ2n) is 4.81. The molecule has 1 atom stereocenters. The molecule has 1 rings (SSSR count). The first-order valence-corrected chi connectivity index (χ1v) is 6.69. The van der Waals surface area contributed by atoms with E-state index < -0.39 is 0 Å². The maximum absolute atomic E-state index is 12.0. The van der Waals surface area contributed by atoms with Crippen LogP contribution in [0.5, 0.6) is 0 Å². The molecule has 94 valence electrons. The van der Waals surface area contributed by atoms with Gasteiger partial charge in [-0.25, -0.2) is 0 Å². The molecule has 1 amide bonds. The van der Waals surface area contributed by atoms with Crippen molar-refractivity contribution in [3.63, 3.8) is 0 Å². The Morgan fingerprint density at radius 2 is 1.94 bits per heavy atom. The first kappa shape index (κ1) is 13.5. The summed E-state index contributed by atoms with van der Waals surface area (Å²) in [6.07, 6.45) is 8.59. The van der Waals surface area contributed by atoms with Crippen LogP contribution in [0.25, 0.3) is 0 Å². The molecule has 16 heavy (non-hydrogen) atoms. The third-order valence-corrected chi connectivity index (χ3v) is 3.54. The Kier molecular flexibility index (Phi) is 6.46. The van der Waals surface area contributed by atoms with E-state index in [1.165, 1.54) is 25.7 Å². The van der Waals surface area contributed by atoms with Gasteiger partial charge >= 0.3 is 0 Å². The van der Waals surface area contributed by atoms with Crippen molar-refractivity contribution in [3.8, 4) is 0 Å². The third kappa shape index (κ3) is 4.52. The number of rotatable bonds is 5. The summed E-state index contributed by atoms with van der Waals surface area (Å²) in [5.41, 5.74) is 0. The van der Waals surface area contributed by atoms with Crippen LogP contribution in [0.15, 0.2) is 0 Å². The molecular formula is C13H25NO2. The monoisotopic (exact) mass is 227 g/mol. The molecule has 1 unspecified atom stereocenters. The number of carbonyl (C=O) groups is 1. The van der Waals surface area contributed by atoms with Crippen molar-refractivity contribution in [2.75, 3.05) is 6.61 Å². The van der Waals surface area contributed by atoms with Gasteiger partial charge in [0.1, 0.15) is 0 Å². The lowest BCUT2D eigenvalue weighted by atomic mass is 9.98. The second-order valence-corrected chi connectivity index (χ2v) is 4.81. The Morgan fingerprint density at radius 1 is 1.31 bits per heavy atom. The molecule has 1 aliphatic carbocycles. The van der Waals surface area contributed by atoms with Crippen LogP contribution < -0.4 is 5.32 Å². The number of aliphatic hydroxyl groups is 1. The summed E-state index contributed by atoms with van der Waals surface area (Å²) in [5.74, 6) is 0.428. The summed E-state index contributed by atoms with van der Waals surface area (Å²) < 4.78 is 0. The Bertz CT molecular complexity index is 198. The van der Waals surface area contributed by atoms with Gasteiger partial charge in [-0.05, 0) is 25.7 Å². The quantitative estimate of drug-likeness (QED) is 0.708. The summed E-state index contributed by atoms with van der Waals surface area (Å²) >= 11 is 0. The summed E-state index contributed by atoms with van der Waals surface area (Å²) in [6, 6.07) is 0.153. The van der Waals surface area contributed by atoms with Gasteiger partial charge in [0.25, 0.3) is 0 Å². The Labute approximate surface area is 98.6 Å². The molecule has 0 aromatic heterocycles. The van der Waals surface area contributed by atoms with Crippen molar-refractivity contribution >= 4 is 5.91 Å². The minimum absolute atomic E-state index is 0.153. The molecule has 0 aromatic rings. The topological polar surface area (TPSA) is 49.3 Å². The molecule has 1 fully saturated rings. The van der Waals surface area contributed by atoms with Gasteiger partial charge in [0, 0.05) is 18.6 Å². The predicted octanol–water partition coefficient (Wildman–Crippen LogP) is 2.23. The van der Waals surface area contributed by atoms with Gasteiger partial charge in [-0.1, -0.05) is 32.6 Å². The second kappa shape index (κ2) is 7.66. The van der Waals surface area contributed by atoms with E-state index in [2.05, 4.69) is 5.32 Å². The van der Waals surface area contributed by atoms with Crippen molar-refractivity contribution in [2.45, 2.75) is 64.3 Å². The van der Waals surface area contributed by atoms with Crippen LogP contribution in [0.3, 0.4) is 0 Å². The minimum Gasteiger partial charge on any atom is -0.396 e. The highest BCUT2D eigenvalue weighted by Gasteiger charge is 2.21. The van der Waals surface area contributed by atoms with Crippen molar-refractivity contribution in [3.05, 3.63) is 0 Å². The molecular weight excluding hydrogens is 202 g/mol. The molecule has 0 heterocycles. The molecule has 0 spiro atoms. The number of amides is 1. The highest BCUT2D eigenvalue weighted by molar-refractivity contribution is 5.78. The van der Waals surface area contributed by atoms with Crippen LogP contribution in [0.2, 0.25) is 0 Å². The van der Waals surface area contributed by atoms with Gasteiger partial charge < -0.3 is 10.4 Å². The van der Waals surface area contributed by atoms with Crippen molar-refractivity contribution < 1.29 is 9.90 Å². The molecule has 3 nitrogen and oxygen atoms in total. The zero-order valence-electron chi connectivity index (χ0n) is 10.4. The maximum Gasteiger partial charge on any atom is 0.223 e. The Balaban J connectivity index is 2.36. The summed E-state index contributed by atoms with van der Waals surface area (Å²) in [6.45, 7) is 2.21. The van der Waals surface area contributed by atoms with Crippen molar-refractivity contribution in [1.82, 2.24) is 5.32 Å². The smallest absolute Gasteiger partial charge is 0.223 e. The molecule has 2 N–H and O–H groups in total. The molecule has 0 saturated heterocycles. The first-order chi connectivity index (χ1) is 7.77. The van der Waals surface area contributed by atoms with Gasteiger partial charge in [-0.15, -0.1) is 0 Å². The van der Waals surface area contributed by atoms with Crippen LogP contribution in [0, 0.1) is 5.92 Å². The number of nitrogens with one attached hydrogen (secondary N) is 1. The van der Waals surface area contributed by atoms with Crippen LogP contribution in [-0.2, 0) is 4.79 Å². The van der Waals surface area contributed by atoms with Crippen LogP contribution in [-0.4, -0.2) is 23.7 Å². The van der Waals surface area contributed by atoms with E-state index in [4.69, 9.17) is 5.11 Å². The first-order valence-electron chi connectivity index (χ1n) is 6.69. The lowest BCUT2D eigenvalue weighted by molar-refractivity contribution is -0.126. The van der Waals surface area contributed by atoms with Crippen molar-refractivity contribution in [2.24, 2.45) is 5.92 Å². The summed E-state index contributed by atoms with van der Waals surface area (Å²) in [4.78, 5) is 12.0. The van der Waals surface area contributed by atoms with Crippen LogP contribution in [0.4, 0.5) is 0 Å². The highest BCUT2D eigenvalue weighted by atomic mass is 16.3. The maximum atomic E-state index is 12.0. The lowest BCUT2D eigenvalue weighted by Gasteiger charge is -2.20. The molecule has 0 aromatic carbocycles. The number of hydrogen-bond donors (Lipinski definition) is 2. The van der Waals surface area contributed by atoms with E-state index >= 15 is 0 Å². The van der Waals surface area contributed by atoms with Gasteiger partial charge in [0.2, 0.25) is 5.91 Å². The molecule has 1 aliphatic rings. The standard InChI is InChI=1S/C13H25NO2/c1-2-12(9-10-15)14-13(16)11-7-5-3-4-6-8-11/h11-12,15H,2-10H2,1H3,(H,14,16). The number of carbonyl (C=O) groups excluding carboxylic acids is 1. The molecule has 0 bridgehead atoms. The zero-order chi connectivity index (χ0) is 11.8. The molecule has 1 saturated carbocycles. The van der Waals surface area contributed by atoms with E-state index in [1.807, 2.05) is 6.92 Å². The van der Waals surface area contributed by atoms with Gasteiger partial charge in [-0.3, -0.25) is 4.79 Å². The fourth-order valence-corrected chi connectivity index (χ4v) is 2.39. The van der Waals surface area contributed by atoms with E-state index in [0.29, 0.717) is 6.42 Å². The van der Waals surface area contributed by atoms with E-state index in [9.17, 15) is 4.79 Å². The van der Waals surface area contributed by atoms with E-state index in [-0.39, 0.29) is 24.5 Å². The fourth-order valence-electron chi connectivity index (χ4n) is 2.39. The molecule has 3 heteroatoms. The highest BCUT2D eigenvalue weighted by Crippen LogP contribution is 2.23. The Hall–Kier alpha value is -0.570. The van der Waals surface area contributed by atoms with Gasteiger partial charge in [0.05, 0.1) is 0 Å². The average molecular weight is 227 g/mol. The largest absolute Gasteiger partial charge is 0.396 e. The number of hydrogen-bond acceptors (Lipinski definition) is 2. The summed E-state index contributed by atoms with van der Waals surface area (Å²) in [7, 11) is 0. The normalized spacial score (nSPS) is 20.1. The predicted molar refractivity (Wildman–Crippen MR) is 65.1 cm³/mol. The van der Waals surface area contributed by atoms with Gasteiger partial charge in [-0.2, -0.15) is 0 Å². The van der Waals surface area contributed by atoms with Crippen molar-refractivity contribution in [1.29, 1.82) is 0 Å². The lowest BCUT2D eigenvalue weighted by Crippen LogP contribution is -2.39. The minimum atomic E-state index is 0.153. The SMILES string of the molecule is CCC(CCO)NC(=O)C1CCCCCC1. The molecule has 0 aliphatic heterocycles. The van der Waals surface area contributed by atoms with Crippen LogP contribution >= 0.6 is 0 Å². The average Bonchev–Trinajstić information content (AvgIpc) is 2.56. The molecule has 0 radical (unpaired) electrons. The van der Waals surface area contributed by atoms with Gasteiger partial charge in [0.15, 0.2) is 0 Å². The fraction of sp³-hybridized carbons (Fsp3) is 0.923.